The molecule has 0 bridgehead atoms. The van der Waals surface area contributed by atoms with Gasteiger partial charge in [0.2, 0.25) is 0 Å². The van der Waals surface area contributed by atoms with Crippen LogP contribution in [0.15, 0.2) is 24.3 Å². The third-order valence-corrected chi connectivity index (χ3v) is 3.37. The maximum Gasteiger partial charge on any atom is -0.0122 e. The van der Waals surface area contributed by atoms with Crippen molar-refractivity contribution >= 4 is 0 Å². The summed E-state index contributed by atoms with van der Waals surface area (Å²) in [6.07, 6.45) is 1.46. The van der Waals surface area contributed by atoms with Gasteiger partial charge in [-0.05, 0) is 35.3 Å². The van der Waals surface area contributed by atoms with Gasteiger partial charge in [-0.3, -0.25) is 0 Å². The lowest BCUT2D eigenvalue weighted by atomic mass is 9.98. The highest BCUT2D eigenvalue weighted by Gasteiger charge is 2.49. The third-order valence-electron chi connectivity index (χ3n) is 3.37. The predicted octanol–water partition coefficient (Wildman–Crippen LogP) is 2.91. The van der Waals surface area contributed by atoms with Crippen molar-refractivity contribution in [2.45, 2.75) is 25.2 Å². The molecule has 0 aliphatic heterocycles. The van der Waals surface area contributed by atoms with Gasteiger partial charge in [-0.1, -0.05) is 31.2 Å². The van der Waals surface area contributed by atoms with Gasteiger partial charge in [-0.25, -0.2) is 0 Å². The topological polar surface area (TPSA) is 0 Å². The van der Waals surface area contributed by atoms with Gasteiger partial charge < -0.3 is 0 Å². The van der Waals surface area contributed by atoms with E-state index >= 15 is 0 Å². The Labute approximate surface area is 67.2 Å². The third kappa shape index (κ3) is 0.604. The van der Waals surface area contributed by atoms with E-state index in [1.165, 1.54) is 6.42 Å². The van der Waals surface area contributed by atoms with Crippen molar-refractivity contribution < 1.29 is 0 Å². The lowest BCUT2D eigenvalue weighted by Crippen LogP contribution is -1.91. The molecule has 1 aromatic carbocycles. The average Bonchev–Trinajstić information content (AvgIpc) is 2.78. The fourth-order valence-corrected chi connectivity index (χ4v) is 2.62. The standard InChI is InChI=1S/C11H12/c1-7-8-4-2-3-5-9(8)11-6-10(7)11/h2-5,7,10-11H,6H2,1H3/t7-,10+,11-/m1/s1. The molecule has 3 rings (SSSR count). The van der Waals surface area contributed by atoms with Gasteiger partial charge in [-0.2, -0.15) is 0 Å². The number of hydrogen-bond donors (Lipinski definition) is 0. The summed E-state index contributed by atoms with van der Waals surface area (Å²) in [5, 5.41) is 0. The summed E-state index contributed by atoms with van der Waals surface area (Å²) in [5.74, 6) is 2.80. The highest BCUT2D eigenvalue weighted by atomic mass is 14.5. The molecule has 2 aliphatic carbocycles. The normalized spacial score (nSPS) is 38.1. The van der Waals surface area contributed by atoms with E-state index in [-0.39, 0.29) is 0 Å². The highest BCUT2D eigenvalue weighted by Crippen LogP contribution is 2.62. The number of fused-ring (bicyclic) bond motifs is 3. The van der Waals surface area contributed by atoms with Crippen molar-refractivity contribution in [3.63, 3.8) is 0 Å². The number of rotatable bonds is 0. The second kappa shape index (κ2) is 1.69. The molecule has 3 atom stereocenters. The molecule has 0 amide bonds. The van der Waals surface area contributed by atoms with Crippen LogP contribution in [0, 0.1) is 5.92 Å². The maximum atomic E-state index is 2.37. The van der Waals surface area contributed by atoms with Crippen LogP contribution >= 0.6 is 0 Å². The molecule has 0 aromatic heterocycles. The summed E-state index contributed by atoms with van der Waals surface area (Å²) in [6.45, 7) is 2.37. The van der Waals surface area contributed by atoms with Gasteiger partial charge >= 0.3 is 0 Å². The van der Waals surface area contributed by atoms with Gasteiger partial charge in [0.15, 0.2) is 0 Å². The van der Waals surface area contributed by atoms with E-state index in [1.54, 1.807) is 11.1 Å². The van der Waals surface area contributed by atoms with Crippen molar-refractivity contribution in [1.82, 2.24) is 0 Å². The van der Waals surface area contributed by atoms with Gasteiger partial charge in [0.05, 0.1) is 0 Å². The summed E-state index contributed by atoms with van der Waals surface area (Å²) in [7, 11) is 0. The molecule has 11 heavy (non-hydrogen) atoms. The largest absolute Gasteiger partial charge is 0.0620 e. The molecule has 2 aliphatic rings. The Morgan fingerprint density at radius 1 is 1.18 bits per heavy atom. The van der Waals surface area contributed by atoms with E-state index in [0.717, 1.165) is 17.8 Å². The van der Waals surface area contributed by atoms with E-state index in [1.807, 2.05) is 0 Å². The smallest absolute Gasteiger partial charge is 0.0122 e. The van der Waals surface area contributed by atoms with Crippen molar-refractivity contribution in [2.24, 2.45) is 5.92 Å². The van der Waals surface area contributed by atoms with Gasteiger partial charge in [0, 0.05) is 0 Å². The lowest BCUT2D eigenvalue weighted by molar-refractivity contribution is 0.686. The number of hydrogen-bond acceptors (Lipinski definition) is 0. The Morgan fingerprint density at radius 2 is 1.91 bits per heavy atom. The van der Waals surface area contributed by atoms with E-state index < -0.39 is 0 Å². The van der Waals surface area contributed by atoms with Crippen LogP contribution in [-0.4, -0.2) is 0 Å². The summed E-state index contributed by atoms with van der Waals surface area (Å²) < 4.78 is 0. The summed E-state index contributed by atoms with van der Waals surface area (Å²) in [5.41, 5.74) is 3.26. The minimum Gasteiger partial charge on any atom is -0.0620 e. The van der Waals surface area contributed by atoms with Crippen LogP contribution in [0.4, 0.5) is 0 Å². The molecular formula is C11H12. The van der Waals surface area contributed by atoms with Crippen molar-refractivity contribution in [3.8, 4) is 0 Å². The van der Waals surface area contributed by atoms with Crippen LogP contribution in [0.2, 0.25) is 0 Å². The molecule has 0 unspecified atom stereocenters. The second-order valence-corrected chi connectivity index (χ2v) is 3.92. The first-order chi connectivity index (χ1) is 5.38. The molecule has 0 heterocycles. The predicted molar refractivity (Wildman–Crippen MR) is 45.7 cm³/mol. The molecule has 0 N–H and O–H groups in total. The van der Waals surface area contributed by atoms with E-state index in [4.69, 9.17) is 0 Å². The minimum atomic E-state index is 0.844. The number of benzene rings is 1. The van der Waals surface area contributed by atoms with Crippen LogP contribution in [0.1, 0.15) is 36.3 Å². The Morgan fingerprint density at radius 3 is 2.64 bits per heavy atom. The minimum absolute atomic E-state index is 0.844. The zero-order valence-corrected chi connectivity index (χ0v) is 6.75. The molecule has 1 saturated carbocycles. The maximum absolute atomic E-state index is 2.37. The van der Waals surface area contributed by atoms with Gasteiger partial charge in [0.25, 0.3) is 0 Å². The Balaban J connectivity index is 2.22. The van der Waals surface area contributed by atoms with Crippen molar-refractivity contribution in [2.75, 3.05) is 0 Å². The molecular weight excluding hydrogens is 132 g/mol. The molecule has 0 saturated heterocycles. The Kier molecular flexibility index (Phi) is 0.892. The molecule has 0 spiro atoms. The summed E-state index contributed by atoms with van der Waals surface area (Å²) in [4.78, 5) is 0. The Hall–Kier alpha value is -0.780. The second-order valence-electron chi connectivity index (χ2n) is 3.92. The van der Waals surface area contributed by atoms with E-state index in [0.29, 0.717) is 0 Å². The summed E-state index contributed by atoms with van der Waals surface area (Å²) >= 11 is 0. The lowest BCUT2D eigenvalue weighted by Gasteiger charge is -2.07. The fraction of sp³-hybridized carbons (Fsp3) is 0.455. The SMILES string of the molecule is C[C@@H]1c2ccccc2[C@H]2C[C@@H]12. The first-order valence-corrected chi connectivity index (χ1v) is 4.47. The van der Waals surface area contributed by atoms with Crippen LogP contribution in [0.5, 0.6) is 0 Å². The molecule has 0 radical (unpaired) electrons. The zero-order chi connectivity index (χ0) is 7.42. The monoisotopic (exact) mass is 144 g/mol. The summed E-state index contributed by atoms with van der Waals surface area (Å²) in [6, 6.07) is 8.95. The molecule has 56 valence electrons. The average molecular weight is 144 g/mol. The van der Waals surface area contributed by atoms with Crippen molar-refractivity contribution in [3.05, 3.63) is 35.4 Å². The first kappa shape index (κ1) is 5.82. The zero-order valence-electron chi connectivity index (χ0n) is 6.75. The van der Waals surface area contributed by atoms with Crippen LogP contribution in [0.25, 0.3) is 0 Å². The van der Waals surface area contributed by atoms with Crippen LogP contribution in [-0.2, 0) is 0 Å². The van der Waals surface area contributed by atoms with E-state index in [9.17, 15) is 0 Å². The molecule has 0 nitrogen and oxygen atoms in total. The van der Waals surface area contributed by atoms with Gasteiger partial charge in [-0.15, -0.1) is 0 Å². The molecule has 1 fully saturated rings. The van der Waals surface area contributed by atoms with Crippen LogP contribution < -0.4 is 0 Å². The van der Waals surface area contributed by atoms with Crippen LogP contribution in [0.3, 0.4) is 0 Å². The first-order valence-electron chi connectivity index (χ1n) is 4.47. The Bertz CT molecular complexity index is 286. The van der Waals surface area contributed by atoms with Crippen molar-refractivity contribution in [1.29, 1.82) is 0 Å². The van der Waals surface area contributed by atoms with Gasteiger partial charge in [0.1, 0.15) is 0 Å². The van der Waals surface area contributed by atoms with E-state index in [2.05, 4.69) is 31.2 Å². The molecule has 1 aromatic rings. The molecule has 0 heteroatoms. The fourth-order valence-electron chi connectivity index (χ4n) is 2.62. The highest BCUT2D eigenvalue weighted by molar-refractivity contribution is 5.44. The quantitative estimate of drug-likeness (QED) is 0.525.